The van der Waals surface area contributed by atoms with Crippen LogP contribution < -0.4 is 0 Å². The van der Waals surface area contributed by atoms with Gasteiger partial charge in [-0.25, -0.2) is 0 Å². The zero-order chi connectivity index (χ0) is 9.10. The maximum absolute atomic E-state index is 8.91. The number of thioether (sulfide) groups is 1. The number of rotatable bonds is 3. The molecular formula is C11H14OS. The van der Waals surface area contributed by atoms with E-state index in [0.717, 1.165) is 12.3 Å². The Bertz CT molecular complexity index is 281. The normalized spacial score (nSPS) is 17.0. The van der Waals surface area contributed by atoms with Gasteiger partial charge in [-0.2, -0.15) is 11.8 Å². The summed E-state index contributed by atoms with van der Waals surface area (Å²) in [5.74, 6) is 3.25. The van der Waals surface area contributed by atoms with Crippen LogP contribution in [0.5, 0.6) is 0 Å². The molecule has 1 N–H and O–H groups in total. The number of hydrogen-bond acceptors (Lipinski definition) is 2. The van der Waals surface area contributed by atoms with Gasteiger partial charge in [-0.1, -0.05) is 24.3 Å². The Morgan fingerprint density at radius 2 is 2.08 bits per heavy atom. The van der Waals surface area contributed by atoms with Crippen molar-refractivity contribution >= 4 is 11.8 Å². The van der Waals surface area contributed by atoms with Crippen LogP contribution in [-0.4, -0.2) is 23.2 Å². The molecule has 1 saturated heterocycles. The van der Waals surface area contributed by atoms with Gasteiger partial charge in [0.1, 0.15) is 0 Å². The van der Waals surface area contributed by atoms with Gasteiger partial charge in [-0.15, -0.1) is 0 Å². The van der Waals surface area contributed by atoms with E-state index < -0.39 is 0 Å². The molecule has 1 heterocycles. The minimum absolute atomic E-state index is 0.261. The lowest BCUT2D eigenvalue weighted by molar-refractivity contribution is 0.299. The standard InChI is InChI=1S/C11H14OS/c12-6-5-9-3-1-2-4-11(9)10-7-13-8-10/h1-4,10,12H,5-8H2. The third-order valence-corrected chi connectivity index (χ3v) is 3.79. The average molecular weight is 194 g/mol. The topological polar surface area (TPSA) is 20.2 Å². The summed E-state index contributed by atoms with van der Waals surface area (Å²) in [6.45, 7) is 0.261. The number of aliphatic hydroxyl groups excluding tert-OH is 1. The minimum atomic E-state index is 0.261. The first-order valence-electron chi connectivity index (χ1n) is 4.68. The van der Waals surface area contributed by atoms with Gasteiger partial charge in [0, 0.05) is 24.0 Å². The van der Waals surface area contributed by atoms with Crippen molar-refractivity contribution in [2.24, 2.45) is 0 Å². The molecule has 70 valence electrons. The van der Waals surface area contributed by atoms with Crippen LogP contribution in [0.3, 0.4) is 0 Å². The van der Waals surface area contributed by atoms with Crippen molar-refractivity contribution in [3.63, 3.8) is 0 Å². The number of aliphatic hydroxyl groups is 1. The van der Waals surface area contributed by atoms with Crippen LogP contribution in [0, 0.1) is 0 Å². The predicted molar refractivity (Wildman–Crippen MR) is 57.3 cm³/mol. The van der Waals surface area contributed by atoms with Crippen molar-refractivity contribution < 1.29 is 5.11 Å². The van der Waals surface area contributed by atoms with Gasteiger partial charge in [0.15, 0.2) is 0 Å². The van der Waals surface area contributed by atoms with Crippen molar-refractivity contribution in [3.05, 3.63) is 35.4 Å². The van der Waals surface area contributed by atoms with Gasteiger partial charge in [-0.05, 0) is 17.5 Å². The molecule has 0 aliphatic carbocycles. The second-order valence-corrected chi connectivity index (χ2v) is 4.48. The lowest BCUT2D eigenvalue weighted by atomic mass is 9.95. The van der Waals surface area contributed by atoms with E-state index in [1.165, 1.54) is 22.6 Å². The van der Waals surface area contributed by atoms with Gasteiger partial charge in [0.25, 0.3) is 0 Å². The van der Waals surface area contributed by atoms with Crippen molar-refractivity contribution in [2.45, 2.75) is 12.3 Å². The summed E-state index contributed by atoms with van der Waals surface area (Å²) in [5.41, 5.74) is 2.78. The molecule has 0 atom stereocenters. The van der Waals surface area contributed by atoms with E-state index in [0.29, 0.717) is 0 Å². The lowest BCUT2D eigenvalue weighted by Crippen LogP contribution is -2.17. The fourth-order valence-corrected chi connectivity index (χ4v) is 2.53. The van der Waals surface area contributed by atoms with Crippen LogP contribution in [0.4, 0.5) is 0 Å². The number of hydrogen-bond donors (Lipinski definition) is 1. The second-order valence-electron chi connectivity index (χ2n) is 3.41. The van der Waals surface area contributed by atoms with Gasteiger partial charge < -0.3 is 5.11 Å². The fraction of sp³-hybridized carbons (Fsp3) is 0.455. The van der Waals surface area contributed by atoms with Gasteiger partial charge in [-0.3, -0.25) is 0 Å². The van der Waals surface area contributed by atoms with Crippen LogP contribution in [-0.2, 0) is 6.42 Å². The molecule has 0 bridgehead atoms. The summed E-state index contributed by atoms with van der Waals surface area (Å²) in [7, 11) is 0. The highest BCUT2D eigenvalue weighted by Crippen LogP contribution is 2.35. The van der Waals surface area contributed by atoms with Crippen molar-refractivity contribution in [2.75, 3.05) is 18.1 Å². The third kappa shape index (κ3) is 1.89. The minimum Gasteiger partial charge on any atom is -0.396 e. The molecule has 0 saturated carbocycles. The molecule has 0 unspecified atom stereocenters. The Labute approximate surface area is 83.2 Å². The van der Waals surface area contributed by atoms with Crippen molar-refractivity contribution in [3.8, 4) is 0 Å². The van der Waals surface area contributed by atoms with Gasteiger partial charge >= 0.3 is 0 Å². The molecule has 0 radical (unpaired) electrons. The van der Waals surface area contributed by atoms with E-state index in [4.69, 9.17) is 5.11 Å². The van der Waals surface area contributed by atoms with Gasteiger partial charge in [0.2, 0.25) is 0 Å². The quantitative estimate of drug-likeness (QED) is 0.794. The van der Waals surface area contributed by atoms with E-state index in [1.54, 1.807) is 0 Å². The molecular weight excluding hydrogens is 180 g/mol. The van der Waals surface area contributed by atoms with Gasteiger partial charge in [0.05, 0.1) is 0 Å². The monoisotopic (exact) mass is 194 g/mol. The predicted octanol–water partition coefficient (Wildman–Crippen LogP) is 2.05. The van der Waals surface area contributed by atoms with Crippen molar-refractivity contribution in [1.82, 2.24) is 0 Å². The summed E-state index contributed by atoms with van der Waals surface area (Å²) >= 11 is 2.00. The molecule has 0 aromatic heterocycles. The Morgan fingerprint density at radius 1 is 1.31 bits per heavy atom. The third-order valence-electron chi connectivity index (χ3n) is 2.51. The molecule has 1 nitrogen and oxygen atoms in total. The Balaban J connectivity index is 2.20. The van der Waals surface area contributed by atoms with E-state index in [1.807, 2.05) is 11.8 Å². The smallest absolute Gasteiger partial charge is 0.0471 e. The zero-order valence-corrected chi connectivity index (χ0v) is 8.39. The van der Waals surface area contributed by atoms with Crippen LogP contribution in [0.25, 0.3) is 0 Å². The summed E-state index contributed by atoms with van der Waals surface area (Å²) in [5, 5.41) is 8.91. The van der Waals surface area contributed by atoms with Crippen molar-refractivity contribution in [1.29, 1.82) is 0 Å². The second kappa shape index (κ2) is 4.16. The first-order valence-corrected chi connectivity index (χ1v) is 5.83. The van der Waals surface area contributed by atoms with Crippen LogP contribution >= 0.6 is 11.8 Å². The fourth-order valence-electron chi connectivity index (χ4n) is 1.70. The molecule has 1 aromatic carbocycles. The first-order chi connectivity index (χ1) is 6.42. The Hall–Kier alpha value is -0.470. The molecule has 2 heteroatoms. The van der Waals surface area contributed by atoms with E-state index in [2.05, 4.69) is 24.3 Å². The van der Waals surface area contributed by atoms with E-state index in [-0.39, 0.29) is 6.61 Å². The summed E-state index contributed by atoms with van der Waals surface area (Å²) in [4.78, 5) is 0. The molecule has 2 rings (SSSR count). The summed E-state index contributed by atoms with van der Waals surface area (Å²) < 4.78 is 0. The van der Waals surface area contributed by atoms with E-state index in [9.17, 15) is 0 Å². The molecule has 1 fully saturated rings. The average Bonchev–Trinajstić information content (AvgIpc) is 2.05. The first kappa shape index (κ1) is 9.10. The van der Waals surface area contributed by atoms with Crippen LogP contribution in [0.1, 0.15) is 17.0 Å². The maximum Gasteiger partial charge on any atom is 0.0471 e. The zero-order valence-electron chi connectivity index (χ0n) is 7.57. The SMILES string of the molecule is OCCc1ccccc1C1CSC1. The Kier molecular flexibility index (Phi) is 2.91. The molecule has 0 amide bonds. The maximum atomic E-state index is 8.91. The largest absolute Gasteiger partial charge is 0.396 e. The highest BCUT2D eigenvalue weighted by atomic mass is 32.2. The highest BCUT2D eigenvalue weighted by molar-refractivity contribution is 8.00. The summed E-state index contributed by atoms with van der Waals surface area (Å²) in [6, 6.07) is 8.49. The summed E-state index contributed by atoms with van der Waals surface area (Å²) in [6.07, 6.45) is 0.803. The Morgan fingerprint density at radius 3 is 2.69 bits per heavy atom. The lowest BCUT2D eigenvalue weighted by Gasteiger charge is -2.27. The highest BCUT2D eigenvalue weighted by Gasteiger charge is 2.21. The van der Waals surface area contributed by atoms with Crippen LogP contribution in [0.2, 0.25) is 0 Å². The van der Waals surface area contributed by atoms with E-state index >= 15 is 0 Å². The molecule has 0 spiro atoms. The number of benzene rings is 1. The molecule has 13 heavy (non-hydrogen) atoms. The van der Waals surface area contributed by atoms with Crippen LogP contribution in [0.15, 0.2) is 24.3 Å². The molecule has 1 aromatic rings. The molecule has 1 aliphatic rings. The molecule has 1 aliphatic heterocycles.